The average molecular weight is 459 g/mol. The van der Waals surface area contributed by atoms with E-state index in [0.29, 0.717) is 6.42 Å². The van der Waals surface area contributed by atoms with Gasteiger partial charge in [0.2, 0.25) is 0 Å². The van der Waals surface area contributed by atoms with Gasteiger partial charge in [-0.05, 0) is 19.3 Å². The first-order valence-corrected chi connectivity index (χ1v) is 13.6. The molecule has 0 saturated heterocycles. The first-order chi connectivity index (χ1) is 13.5. The van der Waals surface area contributed by atoms with Crippen LogP contribution >= 0.6 is 0 Å². The maximum absolute atomic E-state index is 10.5. The number of rotatable bonds is 22. The molecule has 0 saturated carbocycles. The Balaban J connectivity index is 0. The molecule has 1 unspecified atom stereocenters. The summed E-state index contributed by atoms with van der Waals surface area (Å²) in [6.07, 6.45) is 23.4. The zero-order chi connectivity index (χ0) is 20.9. The normalized spacial score (nSPS) is 12.7. The van der Waals surface area contributed by atoms with Crippen molar-refractivity contribution in [2.45, 2.75) is 141 Å². The van der Waals surface area contributed by atoms with E-state index in [1.165, 1.54) is 89.9 Å². The maximum atomic E-state index is 10.5. The fraction of sp³-hybridized carbons (Fsp3) is 1.00. The van der Waals surface area contributed by atoms with Crippen LogP contribution in [0.1, 0.15) is 135 Å². The fourth-order valence-corrected chi connectivity index (χ4v) is 4.29. The standard InChI is InChI=1S/C23H48O4S.K/c1-2-3-4-17-20-23(24)21-18-15-13-11-9-7-5-6-8-10-12-14-16-19-22-28(25,26)27;/h23-24H,2-22H2,1H3,(H,25,26,27);/q;+1/p-1. The molecule has 4 nitrogen and oxygen atoms in total. The van der Waals surface area contributed by atoms with Crippen molar-refractivity contribution in [3.05, 3.63) is 0 Å². The molecule has 29 heavy (non-hydrogen) atoms. The summed E-state index contributed by atoms with van der Waals surface area (Å²) in [5.41, 5.74) is 0. The number of hydrogen-bond donors (Lipinski definition) is 1. The Bertz CT molecular complexity index is 415. The fourth-order valence-electron chi connectivity index (χ4n) is 3.73. The van der Waals surface area contributed by atoms with Gasteiger partial charge in [0.15, 0.2) is 0 Å². The van der Waals surface area contributed by atoms with Gasteiger partial charge in [-0.1, -0.05) is 116 Å². The SMILES string of the molecule is CCCCCCC(O)CCCCCCCCCCCCCCCCS(=O)(=O)[O-].[K+]. The summed E-state index contributed by atoms with van der Waals surface area (Å²) in [6.45, 7) is 2.22. The summed E-state index contributed by atoms with van der Waals surface area (Å²) in [5.74, 6) is -0.202. The second-order valence-electron chi connectivity index (χ2n) is 8.50. The molecule has 1 atom stereocenters. The summed E-state index contributed by atoms with van der Waals surface area (Å²) in [5, 5.41) is 9.95. The Morgan fingerprint density at radius 2 is 0.931 bits per heavy atom. The maximum Gasteiger partial charge on any atom is 1.00 e. The van der Waals surface area contributed by atoms with E-state index in [1.54, 1.807) is 0 Å². The first-order valence-electron chi connectivity index (χ1n) is 12.1. The van der Waals surface area contributed by atoms with Crippen LogP contribution in [-0.4, -0.2) is 29.9 Å². The molecular formula is C23H47KO4S. The Kier molecular flexibility index (Phi) is 27.2. The summed E-state index contributed by atoms with van der Waals surface area (Å²) >= 11 is 0. The van der Waals surface area contributed by atoms with Crippen LogP contribution in [0.2, 0.25) is 0 Å². The molecule has 170 valence electrons. The average Bonchev–Trinajstić information content (AvgIpc) is 2.64. The molecule has 0 aliphatic rings. The molecule has 0 amide bonds. The van der Waals surface area contributed by atoms with E-state index in [2.05, 4.69) is 6.92 Å². The summed E-state index contributed by atoms with van der Waals surface area (Å²) < 4.78 is 31.4. The predicted octanol–water partition coefficient (Wildman–Crippen LogP) is 3.72. The van der Waals surface area contributed by atoms with E-state index < -0.39 is 10.1 Å². The van der Waals surface area contributed by atoms with Crippen LogP contribution in [0, 0.1) is 0 Å². The molecular weight excluding hydrogens is 411 g/mol. The number of unbranched alkanes of at least 4 members (excludes halogenated alkanes) is 16. The van der Waals surface area contributed by atoms with Crippen LogP contribution in [-0.2, 0) is 10.1 Å². The molecule has 0 bridgehead atoms. The molecule has 0 aliphatic carbocycles. The van der Waals surface area contributed by atoms with E-state index in [9.17, 15) is 18.1 Å². The van der Waals surface area contributed by atoms with Crippen LogP contribution in [0.3, 0.4) is 0 Å². The molecule has 0 rings (SSSR count). The second-order valence-corrected chi connectivity index (χ2v) is 10.0. The minimum Gasteiger partial charge on any atom is -0.748 e. The van der Waals surface area contributed by atoms with Gasteiger partial charge in [-0.2, -0.15) is 0 Å². The van der Waals surface area contributed by atoms with Crippen molar-refractivity contribution in [2.75, 3.05) is 5.75 Å². The Labute approximate surface area is 224 Å². The molecule has 0 aromatic rings. The minimum absolute atomic E-state index is 0. The smallest absolute Gasteiger partial charge is 0.748 e. The van der Waals surface area contributed by atoms with Gasteiger partial charge in [-0.3, -0.25) is 0 Å². The van der Waals surface area contributed by atoms with E-state index >= 15 is 0 Å². The van der Waals surface area contributed by atoms with Gasteiger partial charge >= 0.3 is 51.4 Å². The molecule has 0 aliphatic heterocycles. The van der Waals surface area contributed by atoms with Crippen LogP contribution in [0.25, 0.3) is 0 Å². The Morgan fingerprint density at radius 1 is 0.621 bits per heavy atom. The topological polar surface area (TPSA) is 77.4 Å². The van der Waals surface area contributed by atoms with Gasteiger partial charge in [0.1, 0.15) is 0 Å². The first kappa shape index (κ1) is 32.7. The Hall–Kier alpha value is 1.51. The number of aliphatic hydroxyl groups is 1. The molecule has 1 N–H and O–H groups in total. The zero-order valence-electron chi connectivity index (χ0n) is 19.5. The summed E-state index contributed by atoms with van der Waals surface area (Å²) in [4.78, 5) is 0. The molecule has 0 spiro atoms. The van der Waals surface area contributed by atoms with Gasteiger partial charge in [0.25, 0.3) is 0 Å². The third kappa shape index (κ3) is 29.5. The van der Waals surface area contributed by atoms with Crippen molar-refractivity contribution >= 4 is 10.1 Å². The molecule has 6 heteroatoms. The van der Waals surface area contributed by atoms with Gasteiger partial charge in [0.05, 0.1) is 16.2 Å². The van der Waals surface area contributed by atoms with Crippen LogP contribution < -0.4 is 51.4 Å². The second kappa shape index (κ2) is 24.2. The summed E-state index contributed by atoms with van der Waals surface area (Å²) in [7, 11) is -4.01. The van der Waals surface area contributed by atoms with Crippen molar-refractivity contribution < 1.29 is 69.5 Å². The largest absolute Gasteiger partial charge is 1.00 e. The minimum atomic E-state index is -4.01. The van der Waals surface area contributed by atoms with Crippen molar-refractivity contribution in [1.29, 1.82) is 0 Å². The third-order valence-corrected chi connectivity index (χ3v) is 6.36. The van der Waals surface area contributed by atoms with Gasteiger partial charge < -0.3 is 9.66 Å². The van der Waals surface area contributed by atoms with E-state index in [-0.39, 0.29) is 63.2 Å². The van der Waals surface area contributed by atoms with E-state index in [1.807, 2.05) is 0 Å². The van der Waals surface area contributed by atoms with Crippen molar-refractivity contribution in [2.24, 2.45) is 0 Å². The molecule has 0 radical (unpaired) electrons. The van der Waals surface area contributed by atoms with Crippen molar-refractivity contribution in [1.82, 2.24) is 0 Å². The van der Waals surface area contributed by atoms with Crippen LogP contribution in [0.5, 0.6) is 0 Å². The van der Waals surface area contributed by atoms with Gasteiger partial charge in [-0.25, -0.2) is 8.42 Å². The van der Waals surface area contributed by atoms with Gasteiger partial charge in [-0.15, -0.1) is 0 Å². The monoisotopic (exact) mass is 458 g/mol. The van der Waals surface area contributed by atoms with Crippen LogP contribution in [0.4, 0.5) is 0 Å². The third-order valence-electron chi connectivity index (χ3n) is 5.57. The zero-order valence-corrected chi connectivity index (χ0v) is 23.4. The van der Waals surface area contributed by atoms with Crippen molar-refractivity contribution in [3.63, 3.8) is 0 Å². The van der Waals surface area contributed by atoms with E-state index in [4.69, 9.17) is 0 Å². The Morgan fingerprint density at radius 3 is 1.28 bits per heavy atom. The molecule has 0 aromatic heterocycles. The molecule has 0 fully saturated rings. The molecule has 0 heterocycles. The van der Waals surface area contributed by atoms with E-state index in [0.717, 1.165) is 32.1 Å². The summed E-state index contributed by atoms with van der Waals surface area (Å²) in [6, 6.07) is 0. The van der Waals surface area contributed by atoms with Crippen LogP contribution in [0.15, 0.2) is 0 Å². The quantitative estimate of drug-likeness (QED) is 0.152. The molecule has 0 aromatic carbocycles. The van der Waals surface area contributed by atoms with Gasteiger partial charge in [0, 0.05) is 5.75 Å². The predicted molar refractivity (Wildman–Crippen MR) is 119 cm³/mol. The number of hydrogen-bond acceptors (Lipinski definition) is 4. The number of aliphatic hydroxyl groups excluding tert-OH is 1. The van der Waals surface area contributed by atoms with Crippen molar-refractivity contribution in [3.8, 4) is 0 Å².